The quantitative estimate of drug-likeness (QED) is 0.787. The Bertz CT molecular complexity index is 576. The number of carbonyl (C=O) groups excluding carboxylic acids is 3. The number of carbonyl (C=O) groups is 3. The number of nitrogens with one attached hydrogen (secondary N) is 1. The zero-order valence-corrected chi connectivity index (χ0v) is 13.4. The third-order valence-corrected chi connectivity index (χ3v) is 5.23. The minimum atomic E-state index is -4.34. The first-order chi connectivity index (χ1) is 11.1. The molecule has 0 radical (unpaired) electrons. The maximum Gasteiger partial charge on any atom is 0.393 e. The minimum absolute atomic E-state index is 0.00381. The van der Waals surface area contributed by atoms with Crippen LogP contribution >= 0.6 is 0 Å². The zero-order valence-electron chi connectivity index (χ0n) is 13.4. The lowest BCUT2D eigenvalue weighted by Gasteiger charge is -2.34. The molecule has 134 valence electrons. The van der Waals surface area contributed by atoms with Gasteiger partial charge in [-0.3, -0.25) is 14.5 Å². The molecular formula is C15H20F3N3O3. The van der Waals surface area contributed by atoms with Crippen LogP contribution in [0.15, 0.2) is 0 Å². The van der Waals surface area contributed by atoms with E-state index >= 15 is 0 Å². The van der Waals surface area contributed by atoms with Gasteiger partial charge in [0, 0.05) is 13.1 Å². The summed E-state index contributed by atoms with van der Waals surface area (Å²) < 4.78 is 38.5. The van der Waals surface area contributed by atoms with E-state index in [4.69, 9.17) is 0 Å². The van der Waals surface area contributed by atoms with Crippen molar-refractivity contribution in [3.63, 3.8) is 0 Å². The van der Waals surface area contributed by atoms with Gasteiger partial charge in [-0.2, -0.15) is 13.2 Å². The van der Waals surface area contributed by atoms with E-state index in [1.54, 1.807) is 6.92 Å². The van der Waals surface area contributed by atoms with Crippen molar-refractivity contribution < 1.29 is 27.6 Å². The third kappa shape index (κ3) is 2.95. The number of urea groups is 1. The van der Waals surface area contributed by atoms with Crippen molar-refractivity contribution in [3.8, 4) is 0 Å². The number of hydrogen-bond donors (Lipinski definition) is 1. The summed E-state index contributed by atoms with van der Waals surface area (Å²) >= 11 is 0. The summed E-state index contributed by atoms with van der Waals surface area (Å²) in [5, 5.41) is 2.62. The van der Waals surface area contributed by atoms with E-state index in [9.17, 15) is 27.6 Å². The molecule has 0 spiro atoms. The number of alkyl halides is 3. The van der Waals surface area contributed by atoms with Crippen LogP contribution in [0.3, 0.4) is 0 Å². The summed E-state index contributed by atoms with van der Waals surface area (Å²) in [4.78, 5) is 38.7. The van der Waals surface area contributed by atoms with Gasteiger partial charge in [-0.15, -0.1) is 0 Å². The number of nitrogens with zero attached hydrogens (tertiary/aromatic N) is 2. The molecule has 24 heavy (non-hydrogen) atoms. The van der Waals surface area contributed by atoms with Crippen LogP contribution in [0.2, 0.25) is 0 Å². The van der Waals surface area contributed by atoms with Crippen LogP contribution in [0.4, 0.5) is 18.0 Å². The fraction of sp³-hybridized carbons (Fsp3) is 0.800. The Morgan fingerprint density at radius 2 is 1.96 bits per heavy atom. The Morgan fingerprint density at radius 3 is 2.54 bits per heavy atom. The summed E-state index contributed by atoms with van der Waals surface area (Å²) in [5.74, 6) is -2.56. The van der Waals surface area contributed by atoms with Crippen LogP contribution < -0.4 is 5.32 Å². The Labute approximate surface area is 137 Å². The number of piperidine rings is 1. The minimum Gasteiger partial charge on any atom is -0.341 e. The van der Waals surface area contributed by atoms with Gasteiger partial charge in [-0.1, -0.05) is 0 Å². The smallest absolute Gasteiger partial charge is 0.341 e. The van der Waals surface area contributed by atoms with Crippen LogP contribution in [0.1, 0.15) is 32.6 Å². The maximum absolute atomic E-state index is 12.8. The molecule has 0 aromatic heterocycles. The molecule has 0 aromatic carbocycles. The Hall–Kier alpha value is -1.80. The highest BCUT2D eigenvalue weighted by Crippen LogP contribution is 2.42. The van der Waals surface area contributed by atoms with Gasteiger partial charge in [0.1, 0.15) is 12.1 Å². The Morgan fingerprint density at radius 1 is 1.29 bits per heavy atom. The molecule has 1 aliphatic carbocycles. The van der Waals surface area contributed by atoms with Gasteiger partial charge in [0.15, 0.2) is 0 Å². The van der Waals surface area contributed by atoms with Crippen molar-refractivity contribution in [2.75, 3.05) is 19.6 Å². The van der Waals surface area contributed by atoms with E-state index in [1.165, 1.54) is 0 Å². The highest BCUT2D eigenvalue weighted by Gasteiger charge is 2.56. The second-order valence-electron chi connectivity index (χ2n) is 7.02. The zero-order chi connectivity index (χ0) is 17.7. The van der Waals surface area contributed by atoms with Crippen molar-refractivity contribution in [2.45, 2.75) is 44.3 Å². The molecule has 3 fully saturated rings. The molecule has 1 saturated carbocycles. The molecule has 2 atom stereocenters. The monoisotopic (exact) mass is 347 g/mol. The van der Waals surface area contributed by atoms with Crippen molar-refractivity contribution in [1.82, 2.24) is 15.1 Å². The van der Waals surface area contributed by atoms with Crippen molar-refractivity contribution in [1.29, 1.82) is 0 Å². The summed E-state index contributed by atoms with van der Waals surface area (Å²) in [7, 11) is 0. The summed E-state index contributed by atoms with van der Waals surface area (Å²) in [5.41, 5.74) is -0.992. The van der Waals surface area contributed by atoms with Crippen molar-refractivity contribution in [2.24, 2.45) is 11.8 Å². The van der Waals surface area contributed by atoms with Gasteiger partial charge < -0.3 is 10.2 Å². The van der Waals surface area contributed by atoms with Gasteiger partial charge in [0.25, 0.3) is 5.91 Å². The molecule has 3 rings (SSSR count). The van der Waals surface area contributed by atoms with E-state index < -0.39 is 48.6 Å². The number of imide groups is 1. The third-order valence-electron chi connectivity index (χ3n) is 5.23. The van der Waals surface area contributed by atoms with Gasteiger partial charge in [-0.25, -0.2) is 4.79 Å². The standard InChI is InChI=1S/C15H20F3N3O3/c1-14(9-4-5-9)12(23)21(13(24)19-14)8-11(22)20-6-2-3-10(7-20)15(16,17)18/h9-10H,2-8H2,1H3,(H,19,24)/t10-,14-/m1/s1. The van der Waals surface area contributed by atoms with Gasteiger partial charge in [0.05, 0.1) is 5.92 Å². The Kier molecular flexibility index (Phi) is 4.00. The molecule has 2 saturated heterocycles. The van der Waals surface area contributed by atoms with Crippen LogP contribution in [0.5, 0.6) is 0 Å². The van der Waals surface area contributed by atoms with E-state index in [0.29, 0.717) is 0 Å². The molecule has 2 heterocycles. The molecule has 0 bridgehead atoms. The number of halogens is 3. The average molecular weight is 347 g/mol. The highest BCUT2D eigenvalue weighted by atomic mass is 19.4. The molecule has 2 aliphatic heterocycles. The lowest BCUT2D eigenvalue weighted by Crippen LogP contribution is -2.50. The lowest BCUT2D eigenvalue weighted by atomic mass is 9.96. The highest BCUT2D eigenvalue weighted by molar-refractivity contribution is 6.09. The summed E-state index contributed by atoms with van der Waals surface area (Å²) in [6.07, 6.45) is -2.41. The van der Waals surface area contributed by atoms with Crippen LogP contribution in [0, 0.1) is 11.8 Å². The van der Waals surface area contributed by atoms with E-state index in [-0.39, 0.29) is 25.3 Å². The van der Waals surface area contributed by atoms with Crippen molar-refractivity contribution in [3.05, 3.63) is 0 Å². The van der Waals surface area contributed by atoms with Crippen LogP contribution in [0.25, 0.3) is 0 Å². The van der Waals surface area contributed by atoms with E-state index in [0.717, 1.165) is 22.6 Å². The number of rotatable bonds is 3. The predicted molar refractivity (Wildman–Crippen MR) is 76.7 cm³/mol. The predicted octanol–water partition coefficient (Wildman–Crippen LogP) is 1.51. The normalized spacial score (nSPS) is 31.4. The molecule has 0 aromatic rings. The first kappa shape index (κ1) is 17.0. The van der Waals surface area contributed by atoms with E-state index in [2.05, 4.69) is 5.32 Å². The molecule has 3 aliphatic rings. The van der Waals surface area contributed by atoms with Crippen molar-refractivity contribution >= 4 is 17.8 Å². The largest absolute Gasteiger partial charge is 0.393 e. The fourth-order valence-corrected chi connectivity index (χ4v) is 3.50. The maximum atomic E-state index is 12.8. The SMILES string of the molecule is C[C@]1(C2CC2)NC(=O)N(CC(=O)N2CCC[C@@H](C(F)(F)F)C2)C1=O. The fourth-order valence-electron chi connectivity index (χ4n) is 3.50. The number of likely N-dealkylation sites (tertiary alicyclic amines) is 1. The molecule has 6 nitrogen and oxygen atoms in total. The van der Waals surface area contributed by atoms with Gasteiger partial charge in [0.2, 0.25) is 5.91 Å². The van der Waals surface area contributed by atoms with Crippen LogP contribution in [-0.4, -0.2) is 59.0 Å². The van der Waals surface area contributed by atoms with Gasteiger partial charge in [-0.05, 0) is 38.5 Å². The van der Waals surface area contributed by atoms with Crippen LogP contribution in [-0.2, 0) is 9.59 Å². The molecular weight excluding hydrogens is 327 g/mol. The molecule has 9 heteroatoms. The summed E-state index contributed by atoms with van der Waals surface area (Å²) in [6.45, 7) is 0.939. The molecule has 4 amide bonds. The number of hydrogen-bond acceptors (Lipinski definition) is 3. The second kappa shape index (κ2) is 5.63. The first-order valence-electron chi connectivity index (χ1n) is 8.11. The van der Waals surface area contributed by atoms with Gasteiger partial charge >= 0.3 is 12.2 Å². The average Bonchev–Trinajstić information content (AvgIpc) is 3.33. The molecule has 1 N–H and O–H groups in total. The Balaban J connectivity index is 1.64. The lowest BCUT2D eigenvalue weighted by molar-refractivity contribution is -0.188. The topological polar surface area (TPSA) is 69.7 Å². The number of amides is 4. The first-order valence-corrected chi connectivity index (χ1v) is 8.11. The second-order valence-corrected chi connectivity index (χ2v) is 7.02. The summed E-state index contributed by atoms with van der Waals surface area (Å²) in [6, 6.07) is -0.646. The van der Waals surface area contributed by atoms with E-state index in [1.807, 2.05) is 0 Å². The molecule has 0 unspecified atom stereocenters.